The second-order valence-electron chi connectivity index (χ2n) is 3.88. The van der Waals surface area contributed by atoms with Gasteiger partial charge in [-0.1, -0.05) is 23.2 Å². The van der Waals surface area contributed by atoms with E-state index >= 15 is 0 Å². The first-order chi connectivity index (χ1) is 8.93. The smallest absolute Gasteiger partial charge is 0.236 e. The Hall–Kier alpha value is -1.14. The van der Waals surface area contributed by atoms with Crippen molar-refractivity contribution in [3.05, 3.63) is 11.1 Å². The van der Waals surface area contributed by atoms with Gasteiger partial charge in [-0.05, 0) is 13.8 Å². The highest BCUT2D eigenvalue weighted by Crippen LogP contribution is 2.18. The number of sulfonamides is 1. The van der Waals surface area contributed by atoms with Crippen molar-refractivity contribution in [1.29, 1.82) is 0 Å². The average Bonchev–Trinajstić information content (AvgIpc) is 2.72. The van der Waals surface area contributed by atoms with Gasteiger partial charge in [0.25, 0.3) is 0 Å². The Labute approximate surface area is 117 Å². The molecule has 1 rings (SSSR count). The lowest BCUT2D eigenvalue weighted by molar-refractivity contribution is 0.0913. The van der Waals surface area contributed by atoms with Gasteiger partial charge in [-0.3, -0.25) is 4.72 Å². The van der Waals surface area contributed by atoms with Gasteiger partial charge in [0.2, 0.25) is 10.0 Å². The minimum atomic E-state index is -3.44. The van der Waals surface area contributed by atoms with Crippen molar-refractivity contribution in [1.82, 2.24) is 4.98 Å². The molecule has 0 bridgehead atoms. The van der Waals surface area contributed by atoms with E-state index in [1.807, 2.05) is 13.8 Å². The molecule has 0 amide bonds. The van der Waals surface area contributed by atoms with Gasteiger partial charge in [0.15, 0.2) is 5.13 Å². The summed E-state index contributed by atoms with van der Waals surface area (Å²) in [5.41, 5.74) is 5.25. The fraction of sp³-hybridized carbons (Fsp3) is 0.545. The molecular formula is C11H17N3O3S2. The molecule has 1 heterocycles. The van der Waals surface area contributed by atoms with Crippen LogP contribution in [-0.2, 0) is 14.8 Å². The van der Waals surface area contributed by atoms with E-state index < -0.39 is 10.0 Å². The largest absolute Gasteiger partial charge is 0.378 e. The third-order valence-corrected chi connectivity index (χ3v) is 4.03. The molecule has 0 aliphatic carbocycles. The summed E-state index contributed by atoms with van der Waals surface area (Å²) in [6.45, 7) is 4.11. The molecule has 0 atom stereocenters. The van der Waals surface area contributed by atoms with Crippen LogP contribution in [0.15, 0.2) is 6.20 Å². The second-order valence-corrected chi connectivity index (χ2v) is 6.75. The van der Waals surface area contributed by atoms with E-state index in [9.17, 15) is 8.42 Å². The number of thiazole rings is 1. The van der Waals surface area contributed by atoms with E-state index in [4.69, 9.17) is 10.5 Å². The van der Waals surface area contributed by atoms with Crippen molar-refractivity contribution in [2.75, 3.05) is 23.6 Å². The Balaban J connectivity index is 2.55. The van der Waals surface area contributed by atoms with E-state index in [0.29, 0.717) is 10.0 Å². The van der Waals surface area contributed by atoms with Gasteiger partial charge in [-0.15, -0.1) is 0 Å². The normalized spacial score (nSPS) is 11.2. The summed E-state index contributed by atoms with van der Waals surface area (Å²) >= 11 is 1.17. The molecule has 0 spiro atoms. The third kappa shape index (κ3) is 6.54. The molecule has 6 nitrogen and oxygen atoms in total. The highest BCUT2D eigenvalue weighted by Gasteiger charge is 2.13. The van der Waals surface area contributed by atoms with Crippen LogP contribution in [0.3, 0.4) is 0 Å². The Morgan fingerprint density at radius 3 is 2.95 bits per heavy atom. The van der Waals surface area contributed by atoms with Crippen LogP contribution in [0.2, 0.25) is 0 Å². The number of ether oxygens (including phenoxy) is 1. The van der Waals surface area contributed by atoms with E-state index in [0.717, 1.165) is 0 Å². The van der Waals surface area contributed by atoms with Crippen molar-refractivity contribution in [2.24, 2.45) is 5.73 Å². The molecule has 0 saturated heterocycles. The van der Waals surface area contributed by atoms with Gasteiger partial charge in [-0.2, -0.15) is 0 Å². The fourth-order valence-electron chi connectivity index (χ4n) is 1.09. The van der Waals surface area contributed by atoms with Crippen LogP contribution in [0.5, 0.6) is 0 Å². The number of rotatable bonds is 6. The number of anilines is 1. The van der Waals surface area contributed by atoms with Crippen molar-refractivity contribution in [3.8, 4) is 11.8 Å². The zero-order valence-electron chi connectivity index (χ0n) is 10.8. The maximum Gasteiger partial charge on any atom is 0.236 e. The minimum Gasteiger partial charge on any atom is -0.378 e. The first kappa shape index (κ1) is 15.9. The highest BCUT2D eigenvalue weighted by atomic mass is 32.2. The number of hydrogen-bond acceptors (Lipinski definition) is 6. The van der Waals surface area contributed by atoms with Crippen LogP contribution < -0.4 is 10.5 Å². The lowest BCUT2D eigenvalue weighted by Crippen LogP contribution is -2.21. The molecule has 0 aliphatic heterocycles. The fourth-order valence-corrected chi connectivity index (χ4v) is 2.92. The van der Waals surface area contributed by atoms with Gasteiger partial charge >= 0.3 is 0 Å². The SMILES string of the molecule is CC(C)OCCS(=O)(=O)Nc1ncc(C#CCN)s1. The molecule has 19 heavy (non-hydrogen) atoms. The average molecular weight is 303 g/mol. The maximum absolute atomic E-state index is 11.7. The number of nitrogens with two attached hydrogens (primary N) is 1. The molecule has 1 aromatic rings. The van der Waals surface area contributed by atoms with Gasteiger partial charge in [0, 0.05) is 0 Å². The molecule has 0 fully saturated rings. The van der Waals surface area contributed by atoms with Gasteiger partial charge in [0.1, 0.15) is 0 Å². The topological polar surface area (TPSA) is 94.3 Å². The summed E-state index contributed by atoms with van der Waals surface area (Å²) in [6.07, 6.45) is 1.52. The van der Waals surface area contributed by atoms with E-state index in [1.54, 1.807) is 0 Å². The van der Waals surface area contributed by atoms with Crippen LogP contribution in [0.1, 0.15) is 18.7 Å². The molecule has 0 aliphatic rings. The van der Waals surface area contributed by atoms with Crippen molar-refractivity contribution >= 4 is 26.5 Å². The Morgan fingerprint density at radius 2 is 2.32 bits per heavy atom. The van der Waals surface area contributed by atoms with E-state index in [2.05, 4.69) is 21.5 Å². The van der Waals surface area contributed by atoms with Gasteiger partial charge < -0.3 is 10.5 Å². The van der Waals surface area contributed by atoms with Crippen LogP contribution >= 0.6 is 11.3 Å². The monoisotopic (exact) mass is 303 g/mol. The summed E-state index contributed by atoms with van der Waals surface area (Å²) in [5, 5.41) is 0.297. The minimum absolute atomic E-state index is 0.00759. The number of nitrogens with zero attached hydrogens (tertiary/aromatic N) is 1. The summed E-state index contributed by atoms with van der Waals surface area (Å²) in [4.78, 5) is 4.61. The molecule has 3 N–H and O–H groups in total. The Kier molecular flexibility index (Phi) is 6.24. The third-order valence-electron chi connectivity index (χ3n) is 1.87. The molecule has 0 saturated carbocycles. The number of aromatic nitrogens is 1. The summed E-state index contributed by atoms with van der Waals surface area (Å²) in [6, 6.07) is 0. The van der Waals surface area contributed by atoms with Crippen LogP contribution in [0, 0.1) is 11.8 Å². The summed E-state index contributed by atoms with van der Waals surface area (Å²) in [5.74, 6) is 5.37. The maximum atomic E-state index is 11.7. The summed E-state index contributed by atoms with van der Waals surface area (Å²) < 4.78 is 31.0. The number of nitrogens with one attached hydrogen (secondary N) is 1. The highest BCUT2D eigenvalue weighted by molar-refractivity contribution is 7.92. The molecule has 8 heteroatoms. The molecule has 106 valence electrons. The van der Waals surface area contributed by atoms with Crippen LogP contribution in [0.4, 0.5) is 5.13 Å². The van der Waals surface area contributed by atoms with Crippen molar-refractivity contribution < 1.29 is 13.2 Å². The van der Waals surface area contributed by atoms with Gasteiger partial charge in [0.05, 0.1) is 36.1 Å². The molecule has 0 radical (unpaired) electrons. The van der Waals surface area contributed by atoms with Crippen molar-refractivity contribution in [2.45, 2.75) is 20.0 Å². The molecule has 0 unspecified atom stereocenters. The predicted molar refractivity (Wildman–Crippen MR) is 76.5 cm³/mol. The first-order valence-electron chi connectivity index (χ1n) is 5.70. The zero-order valence-corrected chi connectivity index (χ0v) is 12.5. The molecular weight excluding hydrogens is 286 g/mol. The second kappa shape index (κ2) is 7.45. The molecule has 0 aromatic carbocycles. The molecule has 1 aromatic heterocycles. The summed E-state index contributed by atoms with van der Waals surface area (Å²) in [7, 11) is -3.44. The van der Waals surface area contributed by atoms with Crippen molar-refractivity contribution in [3.63, 3.8) is 0 Å². The van der Waals surface area contributed by atoms with Gasteiger partial charge in [-0.25, -0.2) is 13.4 Å². The lowest BCUT2D eigenvalue weighted by Gasteiger charge is -2.08. The Morgan fingerprint density at radius 1 is 1.58 bits per heavy atom. The predicted octanol–water partition coefficient (Wildman–Crippen LogP) is 0.620. The van der Waals surface area contributed by atoms with E-state index in [1.165, 1.54) is 17.5 Å². The Bertz CT molecular complexity index is 555. The van der Waals surface area contributed by atoms with Crippen LogP contribution in [0.25, 0.3) is 0 Å². The van der Waals surface area contributed by atoms with Crippen LogP contribution in [-0.4, -0.2) is 38.4 Å². The zero-order chi connectivity index (χ0) is 14.3. The van der Waals surface area contributed by atoms with E-state index in [-0.39, 0.29) is 25.0 Å². The standard InChI is InChI=1S/C11H17N3O3S2/c1-9(2)17-6-7-19(15,16)14-11-13-8-10(18-11)4-3-5-12/h8-9H,5-7,12H2,1-2H3,(H,13,14). The number of hydrogen-bond donors (Lipinski definition) is 2. The lowest BCUT2D eigenvalue weighted by atomic mass is 10.5. The quantitative estimate of drug-likeness (QED) is 0.751. The first-order valence-corrected chi connectivity index (χ1v) is 8.16.